The third-order valence-corrected chi connectivity index (χ3v) is 9.95. The largest absolute Gasteiger partial charge is 0.274 e. The van der Waals surface area contributed by atoms with Crippen molar-refractivity contribution >= 4 is 67.0 Å². The first-order valence-corrected chi connectivity index (χ1v) is 17.1. The Hall–Kier alpha value is -4.46. The molecule has 4 amide bonds. The summed E-state index contributed by atoms with van der Waals surface area (Å²) in [5.74, 6) is -1.18. The van der Waals surface area contributed by atoms with E-state index in [4.69, 9.17) is 9.97 Å². The summed E-state index contributed by atoms with van der Waals surface area (Å²) in [6, 6.07) is 7.32. The van der Waals surface area contributed by atoms with Crippen LogP contribution >= 0.6 is 0 Å². The monoisotopic (exact) mass is 616 g/mol. The predicted molar refractivity (Wildman–Crippen MR) is 181 cm³/mol. The number of pyridine rings is 2. The van der Waals surface area contributed by atoms with E-state index in [9.17, 15) is 19.2 Å². The van der Waals surface area contributed by atoms with Gasteiger partial charge in [-0.3, -0.25) is 38.9 Å². The highest BCUT2D eigenvalue weighted by molar-refractivity contribution is 6.39. The molecule has 46 heavy (non-hydrogen) atoms. The molecule has 2 aliphatic heterocycles. The van der Waals surface area contributed by atoms with Gasteiger partial charge in [-0.25, -0.2) is 0 Å². The van der Waals surface area contributed by atoms with E-state index in [1.54, 1.807) is 24.5 Å². The molecule has 2 aromatic heterocycles. The number of imide groups is 2. The van der Waals surface area contributed by atoms with Crippen molar-refractivity contribution in [2.24, 2.45) is 0 Å². The summed E-state index contributed by atoms with van der Waals surface area (Å²) >= 11 is 0. The maximum Gasteiger partial charge on any atom is 0.262 e. The van der Waals surface area contributed by atoms with Gasteiger partial charge in [0.1, 0.15) is 0 Å². The first kappa shape index (κ1) is 30.2. The quantitative estimate of drug-likeness (QED) is 0.0537. The zero-order chi connectivity index (χ0) is 31.9. The summed E-state index contributed by atoms with van der Waals surface area (Å²) in [6.07, 6.45) is 16.0. The van der Waals surface area contributed by atoms with Crippen LogP contribution in [0.3, 0.4) is 0 Å². The molecule has 236 valence electrons. The summed E-state index contributed by atoms with van der Waals surface area (Å²) in [4.78, 5) is 67.2. The predicted octanol–water partition coefficient (Wildman–Crippen LogP) is 8.44. The molecule has 0 N–H and O–H groups in total. The van der Waals surface area contributed by atoms with Crippen LogP contribution in [0.5, 0.6) is 0 Å². The lowest BCUT2D eigenvalue weighted by atomic mass is 9.86. The first-order chi connectivity index (χ1) is 22.5. The van der Waals surface area contributed by atoms with Gasteiger partial charge in [-0.2, -0.15) is 0 Å². The minimum Gasteiger partial charge on any atom is -0.274 e. The molecule has 0 radical (unpaired) electrons. The van der Waals surface area contributed by atoms with Crippen LogP contribution in [-0.4, -0.2) is 56.5 Å². The molecule has 8 nitrogen and oxygen atoms in total. The molecule has 2 aliphatic rings. The first-order valence-electron chi connectivity index (χ1n) is 17.1. The molecule has 7 rings (SSSR count). The van der Waals surface area contributed by atoms with E-state index in [0.29, 0.717) is 57.1 Å². The molecule has 0 unspecified atom stereocenters. The summed E-state index contributed by atoms with van der Waals surface area (Å²) in [7, 11) is 0. The second-order valence-corrected chi connectivity index (χ2v) is 12.9. The number of nitrogens with zero attached hydrogens (tertiary/aromatic N) is 4. The van der Waals surface area contributed by atoms with Crippen molar-refractivity contribution < 1.29 is 19.2 Å². The molecule has 5 aromatic rings. The molecular formula is C38H40N4O4. The van der Waals surface area contributed by atoms with E-state index in [-0.39, 0.29) is 23.6 Å². The lowest BCUT2D eigenvalue weighted by molar-refractivity contribution is 0.0592. The smallest absolute Gasteiger partial charge is 0.262 e. The highest BCUT2D eigenvalue weighted by atomic mass is 16.2. The number of hydrogen-bond donors (Lipinski definition) is 0. The lowest BCUT2D eigenvalue weighted by Crippen LogP contribution is -2.41. The fourth-order valence-electron chi connectivity index (χ4n) is 7.53. The van der Waals surface area contributed by atoms with Crippen LogP contribution in [0.15, 0.2) is 36.7 Å². The maximum absolute atomic E-state index is 13.7. The fraction of sp³-hybridized carbons (Fsp3) is 0.421. The van der Waals surface area contributed by atoms with Crippen molar-refractivity contribution in [3.63, 3.8) is 0 Å². The van der Waals surface area contributed by atoms with Gasteiger partial charge < -0.3 is 0 Å². The van der Waals surface area contributed by atoms with Crippen molar-refractivity contribution in [3.8, 4) is 0 Å². The summed E-state index contributed by atoms with van der Waals surface area (Å²) in [6.45, 7) is 5.14. The number of carbonyl (C=O) groups excluding carboxylic acids is 4. The Morgan fingerprint density at radius 3 is 1.24 bits per heavy atom. The number of rotatable bonds is 14. The third-order valence-electron chi connectivity index (χ3n) is 9.95. The van der Waals surface area contributed by atoms with Gasteiger partial charge in [0.15, 0.2) is 0 Å². The minimum absolute atomic E-state index is 0.277. The van der Waals surface area contributed by atoms with Gasteiger partial charge in [0, 0.05) is 68.9 Å². The van der Waals surface area contributed by atoms with E-state index in [1.807, 2.05) is 12.1 Å². The molecule has 0 spiro atoms. The standard InChI is InChI=1S/C38H40N4O4/c1-3-5-7-9-11-13-19-41-35(43)25-17-15-23-31-29(25)27(37(41)45)21-39-33(31)24-16-18-26-30-28(22-40-34(23)32(24)30)38(46)42(36(26)44)20-14-12-10-8-6-4-2/h15-18,21-22H,3-14,19-20H2,1-2H3. The fourth-order valence-corrected chi connectivity index (χ4v) is 7.53. The van der Waals surface area contributed by atoms with Crippen molar-refractivity contribution in [2.75, 3.05) is 13.1 Å². The molecule has 0 atom stereocenters. The van der Waals surface area contributed by atoms with Crippen LogP contribution in [-0.2, 0) is 0 Å². The molecule has 3 aromatic carbocycles. The Labute approximate surface area is 268 Å². The van der Waals surface area contributed by atoms with Crippen molar-refractivity contribution in [1.29, 1.82) is 0 Å². The highest BCUT2D eigenvalue weighted by Gasteiger charge is 2.37. The maximum atomic E-state index is 13.7. The normalized spacial score (nSPS) is 14.7. The number of unbranched alkanes of at least 4 members (excludes halogenated alkanes) is 10. The van der Waals surface area contributed by atoms with Gasteiger partial charge in [-0.1, -0.05) is 90.2 Å². The van der Waals surface area contributed by atoms with Crippen LogP contribution in [0.4, 0.5) is 0 Å². The Kier molecular flexibility index (Phi) is 8.13. The molecule has 0 bridgehead atoms. The van der Waals surface area contributed by atoms with E-state index in [0.717, 1.165) is 60.1 Å². The number of hydrogen-bond acceptors (Lipinski definition) is 6. The second-order valence-electron chi connectivity index (χ2n) is 12.9. The Balaban J connectivity index is 1.27. The van der Waals surface area contributed by atoms with Gasteiger partial charge in [-0.15, -0.1) is 0 Å². The van der Waals surface area contributed by atoms with Crippen LogP contribution in [0, 0.1) is 0 Å². The Morgan fingerprint density at radius 2 is 0.826 bits per heavy atom. The van der Waals surface area contributed by atoms with Gasteiger partial charge >= 0.3 is 0 Å². The van der Waals surface area contributed by atoms with E-state index < -0.39 is 0 Å². The van der Waals surface area contributed by atoms with Crippen molar-refractivity contribution in [2.45, 2.75) is 90.9 Å². The van der Waals surface area contributed by atoms with E-state index >= 15 is 0 Å². The number of benzene rings is 3. The summed E-state index contributed by atoms with van der Waals surface area (Å²) in [5, 5.41) is 4.15. The highest BCUT2D eigenvalue weighted by Crippen LogP contribution is 2.44. The number of carbonyl (C=O) groups is 4. The van der Waals surface area contributed by atoms with E-state index in [1.165, 1.54) is 48.3 Å². The second kappa shape index (κ2) is 12.4. The van der Waals surface area contributed by atoms with Crippen molar-refractivity contribution in [3.05, 3.63) is 58.9 Å². The van der Waals surface area contributed by atoms with Crippen LogP contribution in [0.1, 0.15) is 132 Å². The number of fused-ring (bicyclic) bond motifs is 2. The average molecular weight is 617 g/mol. The molecule has 0 fully saturated rings. The zero-order valence-electron chi connectivity index (χ0n) is 26.8. The lowest BCUT2D eigenvalue weighted by Gasteiger charge is -2.29. The van der Waals surface area contributed by atoms with Crippen LogP contribution < -0.4 is 0 Å². The molecule has 4 heterocycles. The molecular weight excluding hydrogens is 576 g/mol. The van der Waals surface area contributed by atoms with Crippen LogP contribution in [0.2, 0.25) is 0 Å². The van der Waals surface area contributed by atoms with Gasteiger partial charge in [0.25, 0.3) is 23.6 Å². The molecule has 0 saturated carbocycles. The molecule has 0 saturated heterocycles. The Morgan fingerprint density at radius 1 is 0.457 bits per heavy atom. The Bertz CT molecular complexity index is 1770. The van der Waals surface area contributed by atoms with Gasteiger partial charge in [0.05, 0.1) is 22.2 Å². The number of aromatic nitrogens is 2. The third kappa shape index (κ3) is 4.72. The minimum atomic E-state index is -0.312. The number of amides is 4. The topological polar surface area (TPSA) is 101 Å². The van der Waals surface area contributed by atoms with Crippen molar-refractivity contribution in [1.82, 2.24) is 19.8 Å². The molecule has 8 heteroatoms. The van der Waals surface area contributed by atoms with E-state index in [2.05, 4.69) is 13.8 Å². The SMILES string of the molecule is CCCCCCCCN1C(=O)c2ccc3c4ncc5c6c(ccc(c7ncc(c2c37)C1=O)c64)C(=O)N(CCCCCCCC)C5=O. The summed E-state index contributed by atoms with van der Waals surface area (Å²) < 4.78 is 0. The van der Waals surface area contributed by atoms with Crippen LogP contribution in [0.25, 0.3) is 43.4 Å². The molecule has 0 aliphatic carbocycles. The van der Waals surface area contributed by atoms with Gasteiger partial charge in [-0.05, 0) is 25.0 Å². The summed E-state index contributed by atoms with van der Waals surface area (Å²) in [5.41, 5.74) is 3.10. The zero-order valence-corrected chi connectivity index (χ0v) is 26.8. The van der Waals surface area contributed by atoms with Gasteiger partial charge in [0.2, 0.25) is 0 Å². The average Bonchev–Trinajstić information content (AvgIpc) is 3.07.